The van der Waals surface area contributed by atoms with E-state index in [4.69, 9.17) is 0 Å². The molecule has 0 unspecified atom stereocenters. The van der Waals surface area contributed by atoms with Gasteiger partial charge in [0.2, 0.25) is 5.91 Å². The Morgan fingerprint density at radius 1 is 1.05 bits per heavy atom. The number of benzene rings is 2. The Balaban J connectivity index is 1.54. The quantitative estimate of drug-likeness (QED) is 0.327. The Labute approximate surface area is 243 Å². The van der Waals surface area contributed by atoms with Gasteiger partial charge in [0.05, 0.1) is 18.2 Å². The minimum absolute atomic E-state index is 0.0124. The van der Waals surface area contributed by atoms with Crippen LogP contribution in [0.3, 0.4) is 0 Å². The second-order valence-corrected chi connectivity index (χ2v) is 13.6. The first kappa shape index (κ1) is 30.4. The van der Waals surface area contributed by atoms with Crippen LogP contribution in [-0.4, -0.2) is 69.5 Å². The number of thioether (sulfide) groups is 1. The van der Waals surface area contributed by atoms with E-state index < -0.39 is 12.1 Å². The van der Waals surface area contributed by atoms with Gasteiger partial charge < -0.3 is 20.8 Å². The van der Waals surface area contributed by atoms with Crippen LogP contribution < -0.4 is 10.6 Å². The van der Waals surface area contributed by atoms with Crippen LogP contribution >= 0.6 is 11.8 Å². The number of fused-ring (bicyclic) bond motifs is 1. The third-order valence-electron chi connectivity index (χ3n) is 8.23. The number of hydrogen-bond donors (Lipinski definition) is 4. The van der Waals surface area contributed by atoms with Crippen LogP contribution in [0.4, 0.5) is 0 Å². The van der Waals surface area contributed by atoms with Gasteiger partial charge in [0, 0.05) is 40.4 Å². The Morgan fingerprint density at radius 2 is 1.75 bits per heavy atom. The van der Waals surface area contributed by atoms with Crippen molar-refractivity contribution in [1.29, 1.82) is 0 Å². The molecule has 0 radical (unpaired) electrons. The van der Waals surface area contributed by atoms with Crippen LogP contribution in [0.2, 0.25) is 0 Å². The lowest BCUT2D eigenvalue weighted by Gasteiger charge is -2.47. The van der Waals surface area contributed by atoms with Crippen LogP contribution in [0.1, 0.15) is 68.8 Å². The highest BCUT2D eigenvalue weighted by Gasteiger charge is 2.41. The highest BCUT2D eigenvalue weighted by molar-refractivity contribution is 7.99. The number of piperidine rings is 1. The van der Waals surface area contributed by atoms with Crippen molar-refractivity contribution in [2.75, 3.05) is 18.8 Å². The molecule has 0 spiro atoms. The van der Waals surface area contributed by atoms with E-state index >= 15 is 0 Å². The first-order chi connectivity index (χ1) is 19.0. The molecule has 2 aromatic rings. The van der Waals surface area contributed by atoms with Gasteiger partial charge >= 0.3 is 0 Å². The number of carbonyl (C=O) groups excluding carboxylic acids is 2. The molecule has 0 bridgehead atoms. The van der Waals surface area contributed by atoms with Crippen molar-refractivity contribution in [2.24, 2.45) is 11.8 Å². The lowest BCUT2D eigenvalue weighted by atomic mass is 9.72. The zero-order valence-corrected chi connectivity index (χ0v) is 25.0. The van der Waals surface area contributed by atoms with E-state index in [1.807, 2.05) is 51.1 Å². The predicted molar refractivity (Wildman–Crippen MR) is 161 cm³/mol. The van der Waals surface area contributed by atoms with Crippen molar-refractivity contribution in [3.8, 4) is 5.75 Å². The van der Waals surface area contributed by atoms with E-state index in [0.717, 1.165) is 30.7 Å². The molecule has 1 aliphatic heterocycles. The summed E-state index contributed by atoms with van der Waals surface area (Å²) < 4.78 is 0. The monoisotopic (exact) mass is 567 g/mol. The molecule has 7 nitrogen and oxygen atoms in total. The van der Waals surface area contributed by atoms with Crippen LogP contribution in [0, 0.1) is 18.8 Å². The number of aromatic hydroxyl groups is 1. The first-order valence-electron chi connectivity index (χ1n) is 14.5. The van der Waals surface area contributed by atoms with Crippen molar-refractivity contribution >= 4 is 23.6 Å². The van der Waals surface area contributed by atoms with E-state index in [2.05, 4.69) is 15.5 Å². The number of carbonyl (C=O) groups is 2. The average Bonchev–Trinajstić information content (AvgIpc) is 2.91. The van der Waals surface area contributed by atoms with Crippen LogP contribution in [0.25, 0.3) is 0 Å². The molecule has 40 heavy (non-hydrogen) atoms. The molecule has 2 amide bonds. The third-order valence-corrected chi connectivity index (χ3v) is 9.36. The molecule has 8 heteroatoms. The number of phenols is 1. The molecule has 4 N–H and O–H groups in total. The molecule has 2 fully saturated rings. The van der Waals surface area contributed by atoms with E-state index in [1.54, 1.807) is 36.9 Å². The number of likely N-dealkylation sites (tertiary alicyclic amines) is 1. The summed E-state index contributed by atoms with van der Waals surface area (Å²) in [6.45, 7) is 8.76. The lowest BCUT2D eigenvalue weighted by molar-refractivity contribution is -0.132. The largest absolute Gasteiger partial charge is 0.508 e. The summed E-state index contributed by atoms with van der Waals surface area (Å²) >= 11 is 1.57. The normalized spacial score (nSPS) is 23.1. The van der Waals surface area contributed by atoms with Gasteiger partial charge in [-0.3, -0.25) is 14.5 Å². The van der Waals surface area contributed by atoms with Crippen molar-refractivity contribution < 1.29 is 19.8 Å². The number of aliphatic hydroxyl groups is 1. The van der Waals surface area contributed by atoms with Gasteiger partial charge in [0.15, 0.2) is 0 Å². The van der Waals surface area contributed by atoms with Crippen LogP contribution in [0.5, 0.6) is 5.75 Å². The molecule has 218 valence electrons. The second kappa shape index (κ2) is 13.4. The van der Waals surface area contributed by atoms with Crippen molar-refractivity contribution in [3.63, 3.8) is 0 Å². The third kappa shape index (κ3) is 8.02. The van der Waals surface area contributed by atoms with Gasteiger partial charge in [-0.2, -0.15) is 0 Å². The first-order valence-corrected chi connectivity index (χ1v) is 15.5. The summed E-state index contributed by atoms with van der Waals surface area (Å²) in [6.07, 6.45) is 4.67. The van der Waals surface area contributed by atoms with Gasteiger partial charge in [-0.1, -0.05) is 43.5 Å². The van der Waals surface area contributed by atoms with Gasteiger partial charge in [0.1, 0.15) is 5.75 Å². The van der Waals surface area contributed by atoms with Gasteiger partial charge in [-0.05, 0) is 76.6 Å². The molecule has 0 aromatic heterocycles. The predicted octanol–water partition coefficient (Wildman–Crippen LogP) is 4.75. The molecule has 1 saturated heterocycles. The number of aliphatic hydroxyl groups excluding tert-OH is 1. The number of hydrogen-bond acceptors (Lipinski definition) is 6. The zero-order chi connectivity index (χ0) is 28.9. The summed E-state index contributed by atoms with van der Waals surface area (Å²) in [5.74, 6) is 1.27. The Bertz CT molecular complexity index is 1150. The summed E-state index contributed by atoms with van der Waals surface area (Å²) in [4.78, 5) is 30.0. The minimum Gasteiger partial charge on any atom is -0.508 e. The maximum atomic E-state index is 13.5. The molecular formula is C32H45N3O4S. The number of nitrogens with zero attached hydrogens (tertiary/aromatic N) is 1. The molecule has 1 heterocycles. The Hall–Kier alpha value is -2.55. The fraction of sp³-hybridized carbons (Fsp3) is 0.562. The number of amides is 2. The number of rotatable bonds is 9. The Morgan fingerprint density at radius 3 is 2.45 bits per heavy atom. The van der Waals surface area contributed by atoms with E-state index in [1.165, 1.54) is 12.8 Å². The van der Waals surface area contributed by atoms with Crippen molar-refractivity contribution in [2.45, 2.75) is 88.4 Å². The smallest absolute Gasteiger partial charge is 0.252 e. The van der Waals surface area contributed by atoms with Gasteiger partial charge in [0.25, 0.3) is 5.91 Å². The molecular weight excluding hydrogens is 522 g/mol. The summed E-state index contributed by atoms with van der Waals surface area (Å²) in [7, 11) is 0. The van der Waals surface area contributed by atoms with Crippen molar-refractivity contribution in [3.05, 3.63) is 59.7 Å². The molecule has 5 atom stereocenters. The van der Waals surface area contributed by atoms with E-state index in [-0.39, 0.29) is 29.1 Å². The maximum absolute atomic E-state index is 13.5. The standard InChI is InChI=1S/C32H45N3O4S/c1-21-25(15-10-16-28(21)36)30(38)33-26(20-40-24-13-6-5-7-14-24)29(37)19-35-18-23-12-9-8-11-22(23)17-27(35)31(39)34-32(2,3)4/h5-7,10,13-16,22-23,26-27,29,36-37H,8-9,11-12,17-20H2,1-4H3,(H,33,38)(H,34,39)/t22-,23+,26-,27-,29+/m1/s1. The molecule has 4 rings (SSSR count). The van der Waals surface area contributed by atoms with Gasteiger partial charge in [-0.25, -0.2) is 0 Å². The lowest BCUT2D eigenvalue weighted by Crippen LogP contribution is -2.60. The second-order valence-electron chi connectivity index (χ2n) is 12.5. The highest BCUT2D eigenvalue weighted by atomic mass is 32.2. The number of β-amino-alcohol motifs (C(OH)–C–C–N with tert-alkyl or cyclic N) is 1. The van der Waals surface area contributed by atoms with E-state index in [9.17, 15) is 19.8 Å². The van der Waals surface area contributed by atoms with Crippen molar-refractivity contribution in [1.82, 2.24) is 15.5 Å². The van der Waals surface area contributed by atoms with E-state index in [0.29, 0.717) is 35.3 Å². The average molecular weight is 568 g/mol. The molecule has 2 aliphatic rings. The molecule has 1 saturated carbocycles. The minimum atomic E-state index is -0.886. The summed E-state index contributed by atoms with van der Waals surface area (Å²) in [5.41, 5.74) is 0.543. The summed E-state index contributed by atoms with van der Waals surface area (Å²) in [5, 5.41) is 28.0. The fourth-order valence-corrected chi connectivity index (χ4v) is 7.09. The zero-order valence-electron chi connectivity index (χ0n) is 24.2. The number of phenolic OH excluding ortho intramolecular Hbond substituents is 1. The van der Waals surface area contributed by atoms with Gasteiger partial charge in [-0.15, -0.1) is 11.8 Å². The SMILES string of the molecule is Cc1c(O)cccc1C(=O)N[C@H](CSc1ccccc1)[C@@H](O)CN1C[C@@H]2CCCC[C@@H]2C[C@@H]1C(=O)NC(C)(C)C. The number of nitrogens with one attached hydrogen (secondary N) is 2. The molecule has 1 aliphatic carbocycles. The highest BCUT2D eigenvalue weighted by Crippen LogP contribution is 2.39. The van der Waals surface area contributed by atoms with Crippen LogP contribution in [0.15, 0.2) is 53.4 Å². The fourth-order valence-electron chi connectivity index (χ4n) is 6.06. The molecule has 2 aromatic carbocycles. The maximum Gasteiger partial charge on any atom is 0.252 e. The summed E-state index contributed by atoms with van der Waals surface area (Å²) in [6, 6.07) is 13.9. The Kier molecular flexibility index (Phi) is 10.2. The topological polar surface area (TPSA) is 102 Å². The van der Waals surface area contributed by atoms with Crippen LogP contribution in [-0.2, 0) is 4.79 Å².